The molecule has 84 valence electrons. The molecule has 1 atom stereocenters. The Hall–Kier alpha value is -0.870. The van der Waals surface area contributed by atoms with Crippen LogP contribution in [-0.2, 0) is 9.53 Å². The molecule has 0 saturated heterocycles. The number of thiophene rings is 1. The van der Waals surface area contributed by atoms with Gasteiger partial charge >= 0.3 is 5.97 Å². The highest BCUT2D eigenvalue weighted by molar-refractivity contribution is 7.12. The maximum absolute atomic E-state index is 11.0. The molecule has 0 fully saturated rings. The molecular weight excluding hydrogens is 210 g/mol. The first-order chi connectivity index (χ1) is 7.04. The monoisotopic (exact) mass is 227 g/mol. The molecule has 0 aromatic carbocycles. The summed E-state index contributed by atoms with van der Waals surface area (Å²) >= 11 is 1.74. The quantitative estimate of drug-likeness (QED) is 0.803. The number of nitrogens with two attached hydrogens (primary N) is 1. The maximum atomic E-state index is 11.0. The van der Waals surface area contributed by atoms with Gasteiger partial charge in [-0.2, -0.15) is 0 Å². The van der Waals surface area contributed by atoms with Gasteiger partial charge in [0.15, 0.2) is 0 Å². The number of hydrogen-bond donors (Lipinski definition) is 1. The Balaban J connectivity index is 2.57. The van der Waals surface area contributed by atoms with Crippen LogP contribution in [-0.4, -0.2) is 13.1 Å². The van der Waals surface area contributed by atoms with Crippen molar-refractivity contribution in [1.82, 2.24) is 0 Å². The topological polar surface area (TPSA) is 52.3 Å². The van der Waals surface area contributed by atoms with E-state index in [1.54, 1.807) is 11.3 Å². The van der Waals surface area contributed by atoms with Crippen LogP contribution in [0.2, 0.25) is 0 Å². The largest absolute Gasteiger partial charge is 0.469 e. The van der Waals surface area contributed by atoms with Gasteiger partial charge in [0.2, 0.25) is 0 Å². The van der Waals surface area contributed by atoms with Crippen molar-refractivity contribution in [1.29, 1.82) is 0 Å². The fourth-order valence-corrected chi connectivity index (χ4v) is 2.55. The van der Waals surface area contributed by atoms with Crippen molar-refractivity contribution in [3.8, 4) is 0 Å². The van der Waals surface area contributed by atoms with Crippen LogP contribution in [0, 0.1) is 13.8 Å². The van der Waals surface area contributed by atoms with E-state index in [9.17, 15) is 4.79 Å². The zero-order valence-corrected chi connectivity index (χ0v) is 10.2. The molecule has 0 bridgehead atoms. The maximum Gasteiger partial charge on any atom is 0.305 e. The molecule has 0 saturated carbocycles. The van der Waals surface area contributed by atoms with Crippen LogP contribution < -0.4 is 5.73 Å². The van der Waals surface area contributed by atoms with E-state index in [1.165, 1.54) is 16.9 Å². The molecule has 2 N–H and O–H groups in total. The van der Waals surface area contributed by atoms with Crippen molar-refractivity contribution < 1.29 is 9.53 Å². The van der Waals surface area contributed by atoms with Crippen LogP contribution in [0.4, 0.5) is 0 Å². The SMILES string of the molecule is COC(=O)CCC(N)c1cc(C)sc1C. The molecule has 1 unspecified atom stereocenters. The normalized spacial score (nSPS) is 12.5. The molecule has 15 heavy (non-hydrogen) atoms. The third-order valence-electron chi connectivity index (χ3n) is 2.37. The van der Waals surface area contributed by atoms with Crippen LogP contribution in [0.5, 0.6) is 0 Å². The van der Waals surface area contributed by atoms with Gasteiger partial charge in [-0.3, -0.25) is 4.79 Å². The summed E-state index contributed by atoms with van der Waals surface area (Å²) in [4.78, 5) is 13.5. The first-order valence-electron chi connectivity index (χ1n) is 4.94. The highest BCUT2D eigenvalue weighted by Crippen LogP contribution is 2.27. The predicted molar refractivity (Wildman–Crippen MR) is 62.0 cm³/mol. The van der Waals surface area contributed by atoms with Crippen LogP contribution in [0.15, 0.2) is 6.07 Å². The van der Waals surface area contributed by atoms with Crippen LogP contribution in [0.25, 0.3) is 0 Å². The Morgan fingerprint density at radius 2 is 2.27 bits per heavy atom. The lowest BCUT2D eigenvalue weighted by atomic mass is 10.0. The van der Waals surface area contributed by atoms with Gasteiger partial charge in [-0.15, -0.1) is 11.3 Å². The summed E-state index contributed by atoms with van der Waals surface area (Å²) in [6, 6.07) is 2.04. The molecule has 0 amide bonds. The van der Waals surface area contributed by atoms with E-state index in [1.807, 2.05) is 0 Å². The second-order valence-corrected chi connectivity index (χ2v) is 5.05. The summed E-state index contributed by atoms with van der Waals surface area (Å²) < 4.78 is 4.58. The van der Waals surface area contributed by atoms with Gasteiger partial charge in [-0.1, -0.05) is 0 Å². The summed E-state index contributed by atoms with van der Waals surface area (Å²) in [6.07, 6.45) is 1.02. The van der Waals surface area contributed by atoms with E-state index in [2.05, 4.69) is 24.7 Å². The number of carbonyl (C=O) groups excluding carboxylic acids is 1. The summed E-state index contributed by atoms with van der Waals surface area (Å²) in [6.45, 7) is 4.12. The van der Waals surface area contributed by atoms with Gasteiger partial charge in [0.25, 0.3) is 0 Å². The fourth-order valence-electron chi connectivity index (χ4n) is 1.55. The molecule has 4 heteroatoms. The number of aryl methyl sites for hydroxylation is 2. The Morgan fingerprint density at radius 3 is 2.73 bits per heavy atom. The minimum Gasteiger partial charge on any atom is -0.469 e. The fraction of sp³-hybridized carbons (Fsp3) is 0.545. The van der Waals surface area contributed by atoms with E-state index in [4.69, 9.17) is 5.73 Å². The number of rotatable bonds is 4. The summed E-state index contributed by atoms with van der Waals surface area (Å²) in [5.41, 5.74) is 7.17. The molecule has 3 nitrogen and oxygen atoms in total. The third kappa shape index (κ3) is 3.32. The minimum atomic E-state index is -0.199. The molecule has 0 aliphatic heterocycles. The van der Waals surface area contributed by atoms with Crippen molar-refractivity contribution >= 4 is 17.3 Å². The second kappa shape index (κ2) is 5.28. The zero-order chi connectivity index (χ0) is 11.4. The van der Waals surface area contributed by atoms with Crippen LogP contribution >= 0.6 is 11.3 Å². The number of ether oxygens (including phenoxy) is 1. The van der Waals surface area contributed by atoms with Crippen molar-refractivity contribution in [3.05, 3.63) is 21.4 Å². The van der Waals surface area contributed by atoms with Crippen molar-refractivity contribution in [2.45, 2.75) is 32.7 Å². The van der Waals surface area contributed by atoms with Gasteiger partial charge in [-0.25, -0.2) is 0 Å². The molecule has 0 aliphatic carbocycles. The summed E-state index contributed by atoms with van der Waals surface area (Å²) in [7, 11) is 1.40. The highest BCUT2D eigenvalue weighted by atomic mass is 32.1. The molecule has 1 rings (SSSR count). The van der Waals surface area contributed by atoms with Gasteiger partial charge in [0.05, 0.1) is 7.11 Å². The van der Waals surface area contributed by atoms with E-state index >= 15 is 0 Å². The van der Waals surface area contributed by atoms with Crippen molar-refractivity contribution in [2.24, 2.45) is 5.73 Å². The van der Waals surface area contributed by atoms with E-state index in [0.717, 1.165) is 5.56 Å². The van der Waals surface area contributed by atoms with E-state index in [0.29, 0.717) is 12.8 Å². The summed E-state index contributed by atoms with van der Waals surface area (Å²) in [5.74, 6) is -0.199. The van der Waals surface area contributed by atoms with Gasteiger partial charge in [-0.05, 0) is 31.9 Å². The number of carbonyl (C=O) groups is 1. The third-order valence-corrected chi connectivity index (χ3v) is 3.35. The Labute approximate surface area is 94.2 Å². The van der Waals surface area contributed by atoms with Gasteiger partial charge < -0.3 is 10.5 Å². The molecule has 0 radical (unpaired) electrons. The first kappa shape index (κ1) is 12.2. The highest BCUT2D eigenvalue weighted by Gasteiger charge is 2.13. The predicted octanol–water partition coefficient (Wildman–Crippen LogP) is 2.32. The minimum absolute atomic E-state index is 0.0611. The molecule has 1 heterocycles. The lowest BCUT2D eigenvalue weighted by Crippen LogP contribution is -2.13. The Bertz CT molecular complexity index is 346. The van der Waals surface area contributed by atoms with Crippen molar-refractivity contribution in [2.75, 3.05) is 7.11 Å². The standard InChI is InChI=1S/C11H17NO2S/c1-7-6-9(8(2)15-7)10(12)4-5-11(13)14-3/h6,10H,4-5,12H2,1-3H3. The smallest absolute Gasteiger partial charge is 0.305 e. The molecule has 0 spiro atoms. The lowest BCUT2D eigenvalue weighted by Gasteiger charge is -2.10. The number of esters is 1. The Morgan fingerprint density at radius 1 is 1.60 bits per heavy atom. The molecular formula is C11H17NO2S. The molecule has 1 aromatic rings. The number of hydrogen-bond acceptors (Lipinski definition) is 4. The Kier molecular flexibility index (Phi) is 4.29. The van der Waals surface area contributed by atoms with Gasteiger partial charge in [0.1, 0.15) is 0 Å². The average molecular weight is 227 g/mol. The molecule has 1 aromatic heterocycles. The zero-order valence-electron chi connectivity index (χ0n) is 9.37. The molecule has 0 aliphatic rings. The summed E-state index contributed by atoms with van der Waals surface area (Å²) in [5, 5.41) is 0. The average Bonchev–Trinajstić information content (AvgIpc) is 2.53. The van der Waals surface area contributed by atoms with Crippen molar-refractivity contribution in [3.63, 3.8) is 0 Å². The lowest BCUT2D eigenvalue weighted by molar-refractivity contribution is -0.140. The van der Waals surface area contributed by atoms with Gasteiger partial charge in [0, 0.05) is 22.2 Å². The van der Waals surface area contributed by atoms with Crippen LogP contribution in [0.3, 0.4) is 0 Å². The second-order valence-electron chi connectivity index (χ2n) is 3.59. The van der Waals surface area contributed by atoms with E-state index in [-0.39, 0.29) is 12.0 Å². The number of methoxy groups -OCH3 is 1. The van der Waals surface area contributed by atoms with Crippen LogP contribution in [0.1, 0.15) is 34.2 Å². The first-order valence-corrected chi connectivity index (χ1v) is 5.75. The van der Waals surface area contributed by atoms with E-state index < -0.39 is 0 Å².